The van der Waals surface area contributed by atoms with Gasteiger partial charge >= 0.3 is 0 Å². The summed E-state index contributed by atoms with van der Waals surface area (Å²) in [6.45, 7) is 4.72. The molecule has 0 radical (unpaired) electrons. The zero-order valence-corrected chi connectivity index (χ0v) is 25.0. The normalized spacial score (nSPS) is 11.9. The fraction of sp³-hybridized carbons (Fsp3) is 0.333. The number of nitrogens with zero attached hydrogens (tertiary/aromatic N) is 2. The lowest BCUT2D eigenvalue weighted by atomic mass is 10.1. The Labute approximate surface area is 241 Å². The summed E-state index contributed by atoms with van der Waals surface area (Å²) in [5, 5.41) is 2.84. The number of methoxy groups -OCH3 is 3. The number of carbonyl (C=O) groups excluding carboxylic acids is 2. The maximum Gasteiger partial charge on any atom is 0.264 e. The average molecular weight is 584 g/mol. The summed E-state index contributed by atoms with van der Waals surface area (Å²) in [7, 11) is 0.168. The van der Waals surface area contributed by atoms with Gasteiger partial charge in [0.25, 0.3) is 10.0 Å². The fourth-order valence-corrected chi connectivity index (χ4v) is 5.58. The molecule has 0 aliphatic heterocycles. The molecule has 3 rings (SSSR count). The molecule has 0 aliphatic rings. The van der Waals surface area contributed by atoms with Gasteiger partial charge in [0.05, 0.1) is 31.9 Å². The van der Waals surface area contributed by atoms with E-state index in [4.69, 9.17) is 14.2 Å². The Morgan fingerprint density at radius 1 is 0.829 bits per heavy atom. The summed E-state index contributed by atoms with van der Waals surface area (Å²) in [5.74, 6) is 0.295. The molecule has 0 aromatic heterocycles. The standard InChI is InChI=1S/C30H37N3O7S/c1-21(2)31-30(35)22(3)32(19-23-12-14-24(38-4)15-13-23)29(34)20-33(41(36,37)26-10-8-7-9-11-26)27-18-25(39-5)16-17-28(27)40-6/h7-18,21-22H,19-20H2,1-6H3,(H,31,35). The minimum absolute atomic E-state index is 0.00928. The van der Waals surface area contributed by atoms with Crippen LogP contribution in [0.1, 0.15) is 26.3 Å². The summed E-state index contributed by atoms with van der Waals surface area (Å²) in [5.41, 5.74) is 0.854. The number of hydrogen-bond acceptors (Lipinski definition) is 7. The third-order valence-electron chi connectivity index (χ3n) is 6.37. The van der Waals surface area contributed by atoms with E-state index >= 15 is 0 Å². The zero-order valence-electron chi connectivity index (χ0n) is 24.2. The highest BCUT2D eigenvalue weighted by Crippen LogP contribution is 2.36. The Bertz CT molecular complexity index is 1430. The largest absolute Gasteiger partial charge is 0.497 e. The lowest BCUT2D eigenvalue weighted by Gasteiger charge is -2.32. The summed E-state index contributed by atoms with van der Waals surface area (Å²) >= 11 is 0. The fourth-order valence-electron chi connectivity index (χ4n) is 4.14. The maximum atomic E-state index is 14.1. The van der Waals surface area contributed by atoms with Crippen molar-refractivity contribution in [3.63, 3.8) is 0 Å². The number of hydrogen-bond donors (Lipinski definition) is 1. The molecule has 0 fully saturated rings. The molecule has 10 nitrogen and oxygen atoms in total. The van der Waals surface area contributed by atoms with Crippen LogP contribution in [0.3, 0.4) is 0 Å². The second-order valence-electron chi connectivity index (χ2n) is 9.57. The van der Waals surface area contributed by atoms with Crippen LogP contribution in [-0.2, 0) is 26.2 Å². The van der Waals surface area contributed by atoms with Gasteiger partial charge < -0.3 is 24.4 Å². The Morgan fingerprint density at radius 2 is 1.44 bits per heavy atom. The smallest absolute Gasteiger partial charge is 0.264 e. The van der Waals surface area contributed by atoms with E-state index < -0.39 is 28.5 Å². The van der Waals surface area contributed by atoms with Gasteiger partial charge in [-0.15, -0.1) is 0 Å². The van der Waals surface area contributed by atoms with Gasteiger partial charge in [-0.1, -0.05) is 30.3 Å². The van der Waals surface area contributed by atoms with Crippen LogP contribution in [0, 0.1) is 0 Å². The average Bonchev–Trinajstić information content (AvgIpc) is 2.98. The molecule has 41 heavy (non-hydrogen) atoms. The summed E-state index contributed by atoms with van der Waals surface area (Å²) in [4.78, 5) is 28.5. The molecule has 0 heterocycles. The molecule has 1 unspecified atom stereocenters. The molecule has 0 spiro atoms. The Balaban J connectivity index is 2.10. The minimum Gasteiger partial charge on any atom is -0.497 e. The van der Waals surface area contributed by atoms with Gasteiger partial charge in [0.1, 0.15) is 29.8 Å². The quantitative estimate of drug-likeness (QED) is 0.325. The van der Waals surface area contributed by atoms with Crippen LogP contribution in [0.15, 0.2) is 77.7 Å². The van der Waals surface area contributed by atoms with Crippen LogP contribution in [0.2, 0.25) is 0 Å². The predicted octanol–water partition coefficient (Wildman–Crippen LogP) is 3.85. The van der Waals surface area contributed by atoms with Gasteiger partial charge in [0.15, 0.2) is 0 Å². The number of amides is 2. The first-order valence-corrected chi connectivity index (χ1v) is 14.5. The Hall–Kier alpha value is -4.25. The van der Waals surface area contributed by atoms with E-state index in [0.29, 0.717) is 11.5 Å². The first-order chi connectivity index (χ1) is 19.5. The third-order valence-corrected chi connectivity index (χ3v) is 8.15. The molecule has 3 aromatic carbocycles. The summed E-state index contributed by atoms with van der Waals surface area (Å²) in [6.07, 6.45) is 0. The third kappa shape index (κ3) is 7.69. The molecule has 2 amide bonds. The van der Waals surface area contributed by atoms with E-state index in [1.54, 1.807) is 68.6 Å². The van der Waals surface area contributed by atoms with Crippen molar-refractivity contribution in [3.8, 4) is 17.2 Å². The molecule has 220 valence electrons. The lowest BCUT2D eigenvalue weighted by molar-refractivity contribution is -0.139. The van der Waals surface area contributed by atoms with Crippen molar-refractivity contribution in [2.75, 3.05) is 32.2 Å². The van der Waals surface area contributed by atoms with Gasteiger partial charge in [-0.3, -0.25) is 13.9 Å². The molecule has 0 aliphatic carbocycles. The SMILES string of the molecule is COc1ccc(CN(C(=O)CN(c2cc(OC)ccc2OC)S(=O)(=O)c2ccccc2)C(C)C(=O)NC(C)C)cc1. The van der Waals surface area contributed by atoms with E-state index in [-0.39, 0.29) is 34.8 Å². The van der Waals surface area contributed by atoms with Crippen molar-refractivity contribution in [1.82, 2.24) is 10.2 Å². The number of carbonyl (C=O) groups is 2. The number of nitrogens with one attached hydrogen (secondary N) is 1. The molecule has 11 heteroatoms. The molecule has 3 aromatic rings. The molecule has 1 N–H and O–H groups in total. The van der Waals surface area contributed by atoms with E-state index in [0.717, 1.165) is 9.87 Å². The van der Waals surface area contributed by atoms with Crippen LogP contribution in [-0.4, -0.2) is 65.1 Å². The van der Waals surface area contributed by atoms with Gasteiger partial charge in [-0.2, -0.15) is 0 Å². The van der Waals surface area contributed by atoms with Gasteiger partial charge in [-0.25, -0.2) is 8.42 Å². The van der Waals surface area contributed by atoms with Crippen molar-refractivity contribution in [3.05, 3.63) is 78.4 Å². The number of anilines is 1. The van der Waals surface area contributed by atoms with Crippen LogP contribution in [0.5, 0.6) is 17.2 Å². The first-order valence-electron chi connectivity index (χ1n) is 13.0. The topological polar surface area (TPSA) is 114 Å². The van der Waals surface area contributed by atoms with E-state index in [1.165, 1.54) is 37.3 Å². The van der Waals surface area contributed by atoms with Crippen molar-refractivity contribution < 1.29 is 32.2 Å². The van der Waals surface area contributed by atoms with Crippen LogP contribution in [0.4, 0.5) is 5.69 Å². The highest BCUT2D eigenvalue weighted by Gasteiger charge is 2.34. The molecular formula is C30H37N3O7S. The van der Waals surface area contributed by atoms with Crippen molar-refractivity contribution in [2.24, 2.45) is 0 Å². The molecule has 0 saturated heterocycles. The highest BCUT2D eigenvalue weighted by atomic mass is 32.2. The molecule has 1 atom stereocenters. The van der Waals surface area contributed by atoms with E-state index in [1.807, 2.05) is 13.8 Å². The van der Waals surface area contributed by atoms with E-state index in [2.05, 4.69) is 5.32 Å². The highest BCUT2D eigenvalue weighted by molar-refractivity contribution is 7.92. The maximum absolute atomic E-state index is 14.1. The molecular weight excluding hydrogens is 546 g/mol. The van der Waals surface area contributed by atoms with Crippen molar-refractivity contribution >= 4 is 27.5 Å². The van der Waals surface area contributed by atoms with Gasteiger partial charge in [0.2, 0.25) is 11.8 Å². The number of ether oxygens (including phenoxy) is 3. The second kappa shape index (κ2) is 13.9. The van der Waals surface area contributed by atoms with Crippen molar-refractivity contribution in [2.45, 2.75) is 44.3 Å². The lowest BCUT2D eigenvalue weighted by Crippen LogP contribution is -2.52. The van der Waals surface area contributed by atoms with Crippen molar-refractivity contribution in [1.29, 1.82) is 0 Å². The number of benzene rings is 3. The first kappa shape index (κ1) is 31.3. The molecule has 0 bridgehead atoms. The van der Waals surface area contributed by atoms with Gasteiger partial charge in [-0.05, 0) is 62.7 Å². The van der Waals surface area contributed by atoms with E-state index in [9.17, 15) is 18.0 Å². The number of rotatable bonds is 13. The Kier molecular flexibility index (Phi) is 10.6. The van der Waals surface area contributed by atoms with Crippen LogP contribution in [0.25, 0.3) is 0 Å². The number of sulfonamides is 1. The van der Waals surface area contributed by atoms with Crippen LogP contribution < -0.4 is 23.8 Å². The predicted molar refractivity (Wildman–Crippen MR) is 157 cm³/mol. The minimum atomic E-state index is -4.25. The van der Waals surface area contributed by atoms with Gasteiger partial charge in [0, 0.05) is 18.7 Å². The monoisotopic (exact) mass is 583 g/mol. The second-order valence-corrected chi connectivity index (χ2v) is 11.4. The molecule has 0 saturated carbocycles. The summed E-state index contributed by atoms with van der Waals surface area (Å²) in [6, 6.07) is 18.5. The van der Waals surface area contributed by atoms with Crippen LogP contribution >= 0.6 is 0 Å². The summed E-state index contributed by atoms with van der Waals surface area (Å²) < 4.78 is 45.1. The zero-order chi connectivity index (χ0) is 30.2. The Morgan fingerprint density at radius 3 is 2.00 bits per heavy atom.